The van der Waals surface area contributed by atoms with E-state index < -0.39 is 0 Å². The summed E-state index contributed by atoms with van der Waals surface area (Å²) in [7, 11) is 0. The van der Waals surface area contributed by atoms with Gasteiger partial charge in [-0.2, -0.15) is 0 Å². The highest BCUT2D eigenvalue weighted by Gasteiger charge is 2.24. The highest BCUT2D eigenvalue weighted by Crippen LogP contribution is 2.28. The number of hydrogen-bond acceptors (Lipinski definition) is 1. The first-order valence-corrected chi connectivity index (χ1v) is 7.58. The summed E-state index contributed by atoms with van der Waals surface area (Å²) in [5.74, 6) is -0.727. The Labute approximate surface area is 135 Å². The van der Waals surface area contributed by atoms with E-state index in [2.05, 4.69) is 5.32 Å². The van der Waals surface area contributed by atoms with E-state index in [0.717, 1.165) is 11.1 Å². The molecule has 0 fully saturated rings. The molecule has 2 rings (SSSR count). The van der Waals surface area contributed by atoms with Crippen LogP contribution in [0.2, 0.25) is 5.02 Å². The van der Waals surface area contributed by atoms with E-state index in [-0.39, 0.29) is 23.6 Å². The number of hydrogen-bond donors (Lipinski definition) is 1. The van der Waals surface area contributed by atoms with Crippen molar-refractivity contribution in [1.82, 2.24) is 0 Å². The van der Waals surface area contributed by atoms with Crippen LogP contribution in [0.3, 0.4) is 0 Å². The number of aryl methyl sites for hydroxylation is 1. The Kier molecular flexibility index (Phi) is 5.19. The molecule has 0 spiro atoms. The molecule has 0 aliphatic heterocycles. The average molecular weight is 320 g/mol. The molecule has 2 aromatic carbocycles. The predicted octanol–water partition coefficient (Wildman–Crippen LogP) is 5.17. The fraction of sp³-hybridized carbons (Fsp3) is 0.278. The third-order valence-corrected chi connectivity index (χ3v) is 3.89. The molecule has 1 N–H and O–H groups in total. The zero-order valence-electron chi connectivity index (χ0n) is 12.9. The summed E-state index contributed by atoms with van der Waals surface area (Å²) in [4.78, 5) is 12.6. The highest BCUT2D eigenvalue weighted by molar-refractivity contribution is 6.30. The van der Waals surface area contributed by atoms with Crippen LogP contribution in [-0.2, 0) is 4.79 Å². The molecule has 2 aromatic rings. The topological polar surface area (TPSA) is 29.1 Å². The SMILES string of the molecule is Cc1ccc(F)cc1NC(=O)[C@@H](c1ccc(Cl)cc1)C(C)C. The van der Waals surface area contributed by atoms with Gasteiger partial charge >= 0.3 is 0 Å². The fourth-order valence-electron chi connectivity index (χ4n) is 2.45. The van der Waals surface area contributed by atoms with Gasteiger partial charge in [-0.05, 0) is 48.2 Å². The van der Waals surface area contributed by atoms with Gasteiger partial charge in [0.25, 0.3) is 0 Å². The molecule has 0 aromatic heterocycles. The minimum Gasteiger partial charge on any atom is -0.325 e. The lowest BCUT2D eigenvalue weighted by Crippen LogP contribution is -2.25. The lowest BCUT2D eigenvalue weighted by Gasteiger charge is -2.21. The van der Waals surface area contributed by atoms with Crippen LogP contribution >= 0.6 is 11.6 Å². The molecule has 0 aliphatic carbocycles. The van der Waals surface area contributed by atoms with Gasteiger partial charge < -0.3 is 5.32 Å². The van der Waals surface area contributed by atoms with Crippen LogP contribution in [0.15, 0.2) is 42.5 Å². The van der Waals surface area contributed by atoms with Crippen molar-refractivity contribution in [1.29, 1.82) is 0 Å². The Morgan fingerprint density at radius 2 is 1.77 bits per heavy atom. The lowest BCUT2D eigenvalue weighted by molar-refractivity contribution is -0.118. The van der Waals surface area contributed by atoms with Crippen LogP contribution in [0, 0.1) is 18.7 Å². The monoisotopic (exact) mass is 319 g/mol. The number of carbonyl (C=O) groups excluding carboxylic acids is 1. The molecule has 116 valence electrons. The zero-order valence-corrected chi connectivity index (χ0v) is 13.6. The van der Waals surface area contributed by atoms with E-state index >= 15 is 0 Å². The van der Waals surface area contributed by atoms with Crippen molar-refractivity contribution in [2.24, 2.45) is 5.92 Å². The molecule has 0 aliphatic rings. The Balaban J connectivity index is 2.27. The average Bonchev–Trinajstić information content (AvgIpc) is 2.45. The molecule has 2 nitrogen and oxygen atoms in total. The Morgan fingerprint density at radius 1 is 1.14 bits per heavy atom. The van der Waals surface area contributed by atoms with Crippen LogP contribution < -0.4 is 5.32 Å². The molecule has 0 saturated carbocycles. The number of amides is 1. The minimum absolute atomic E-state index is 0.107. The standard InChI is InChI=1S/C18H19ClFNO/c1-11(2)17(13-5-7-14(19)8-6-13)18(22)21-16-10-15(20)9-4-12(16)3/h4-11,17H,1-3H3,(H,21,22)/t17-/m1/s1. The number of nitrogens with one attached hydrogen (secondary N) is 1. The van der Waals surface area contributed by atoms with Gasteiger partial charge in [-0.1, -0.05) is 43.6 Å². The molecular formula is C18H19ClFNO. The summed E-state index contributed by atoms with van der Waals surface area (Å²) in [5, 5.41) is 3.47. The van der Waals surface area contributed by atoms with E-state index in [4.69, 9.17) is 11.6 Å². The molecule has 1 amide bonds. The number of halogens is 2. The van der Waals surface area contributed by atoms with Crippen molar-refractivity contribution in [2.45, 2.75) is 26.7 Å². The quantitative estimate of drug-likeness (QED) is 0.828. The minimum atomic E-state index is -0.367. The van der Waals surface area contributed by atoms with Crippen molar-refractivity contribution >= 4 is 23.2 Å². The second kappa shape index (κ2) is 6.93. The van der Waals surface area contributed by atoms with Crippen molar-refractivity contribution in [3.63, 3.8) is 0 Å². The van der Waals surface area contributed by atoms with E-state index in [1.807, 2.05) is 32.9 Å². The maximum absolute atomic E-state index is 13.4. The van der Waals surface area contributed by atoms with Crippen molar-refractivity contribution < 1.29 is 9.18 Å². The first kappa shape index (κ1) is 16.5. The molecule has 22 heavy (non-hydrogen) atoms. The molecule has 4 heteroatoms. The van der Waals surface area contributed by atoms with Gasteiger partial charge in [0, 0.05) is 10.7 Å². The van der Waals surface area contributed by atoms with Gasteiger partial charge in [0.1, 0.15) is 5.82 Å². The first-order valence-electron chi connectivity index (χ1n) is 7.21. The van der Waals surface area contributed by atoms with Crippen LogP contribution in [-0.4, -0.2) is 5.91 Å². The number of carbonyl (C=O) groups is 1. The number of anilines is 1. The summed E-state index contributed by atoms with van der Waals surface area (Å²) in [5.41, 5.74) is 2.23. The summed E-state index contributed by atoms with van der Waals surface area (Å²) in [6, 6.07) is 11.6. The van der Waals surface area contributed by atoms with Gasteiger partial charge in [0.15, 0.2) is 0 Å². The Morgan fingerprint density at radius 3 is 2.36 bits per heavy atom. The maximum atomic E-state index is 13.4. The van der Waals surface area contributed by atoms with Gasteiger partial charge in [0.05, 0.1) is 5.92 Å². The van der Waals surface area contributed by atoms with E-state index in [9.17, 15) is 9.18 Å². The van der Waals surface area contributed by atoms with Crippen LogP contribution in [0.4, 0.5) is 10.1 Å². The van der Waals surface area contributed by atoms with Gasteiger partial charge in [-0.3, -0.25) is 4.79 Å². The molecule has 0 unspecified atom stereocenters. The second-order valence-electron chi connectivity index (χ2n) is 5.72. The molecule has 0 saturated heterocycles. The second-order valence-corrected chi connectivity index (χ2v) is 6.16. The van der Waals surface area contributed by atoms with E-state index in [1.54, 1.807) is 18.2 Å². The van der Waals surface area contributed by atoms with Crippen molar-refractivity contribution in [2.75, 3.05) is 5.32 Å². The molecule has 0 radical (unpaired) electrons. The van der Waals surface area contributed by atoms with E-state index in [0.29, 0.717) is 10.7 Å². The Bertz CT molecular complexity index is 667. The molecular weight excluding hydrogens is 301 g/mol. The van der Waals surface area contributed by atoms with Crippen LogP contribution in [0.25, 0.3) is 0 Å². The van der Waals surface area contributed by atoms with Crippen LogP contribution in [0.1, 0.15) is 30.9 Å². The first-order chi connectivity index (χ1) is 10.4. The van der Waals surface area contributed by atoms with Gasteiger partial charge in [-0.25, -0.2) is 4.39 Å². The van der Waals surface area contributed by atoms with Crippen molar-refractivity contribution in [3.05, 3.63) is 64.4 Å². The summed E-state index contributed by atoms with van der Waals surface area (Å²) >= 11 is 5.90. The van der Waals surface area contributed by atoms with Crippen LogP contribution in [0.5, 0.6) is 0 Å². The maximum Gasteiger partial charge on any atom is 0.232 e. The fourth-order valence-corrected chi connectivity index (χ4v) is 2.57. The zero-order chi connectivity index (χ0) is 16.3. The lowest BCUT2D eigenvalue weighted by atomic mass is 9.87. The Hall–Kier alpha value is -1.87. The number of rotatable bonds is 4. The van der Waals surface area contributed by atoms with Gasteiger partial charge in [-0.15, -0.1) is 0 Å². The van der Waals surface area contributed by atoms with E-state index in [1.165, 1.54) is 12.1 Å². The molecule has 0 bridgehead atoms. The summed E-state index contributed by atoms with van der Waals surface area (Å²) < 4.78 is 13.4. The van der Waals surface area contributed by atoms with Crippen molar-refractivity contribution in [3.8, 4) is 0 Å². The third-order valence-electron chi connectivity index (χ3n) is 3.64. The molecule has 0 heterocycles. The predicted molar refractivity (Wildman–Crippen MR) is 88.8 cm³/mol. The third kappa shape index (κ3) is 3.86. The smallest absolute Gasteiger partial charge is 0.232 e. The summed E-state index contributed by atoms with van der Waals surface area (Å²) in [6.45, 7) is 5.80. The number of benzene rings is 2. The largest absolute Gasteiger partial charge is 0.325 e. The summed E-state index contributed by atoms with van der Waals surface area (Å²) in [6.07, 6.45) is 0. The molecule has 1 atom stereocenters. The van der Waals surface area contributed by atoms with Gasteiger partial charge in [0.2, 0.25) is 5.91 Å². The normalized spacial score (nSPS) is 12.3. The highest BCUT2D eigenvalue weighted by atomic mass is 35.5.